The second kappa shape index (κ2) is 17.9. The molecule has 0 radical (unpaired) electrons. The van der Waals surface area contributed by atoms with Crippen LogP contribution >= 0.6 is 0 Å². The zero-order valence-electron chi connectivity index (χ0n) is 26.3. The summed E-state index contributed by atoms with van der Waals surface area (Å²) >= 11 is 0. The second-order valence-electron chi connectivity index (χ2n) is 10.5. The van der Waals surface area contributed by atoms with Crippen LogP contribution in [0.5, 0.6) is 11.5 Å². The number of unbranched alkanes of at least 4 members (excludes halogenated alkanes) is 1. The lowest BCUT2D eigenvalue weighted by Gasteiger charge is -2.10. The molecule has 1 N–H and O–H groups in total. The number of benzene rings is 3. The third kappa shape index (κ3) is 10.4. The van der Waals surface area contributed by atoms with E-state index in [4.69, 9.17) is 14.2 Å². The molecule has 0 fully saturated rings. The highest BCUT2D eigenvalue weighted by atomic mass is 32.2. The minimum Gasteiger partial charge on any atom is -0.496 e. The molecule has 0 bridgehead atoms. The number of aryl methyl sites for hydroxylation is 1. The van der Waals surface area contributed by atoms with Gasteiger partial charge in [0.2, 0.25) is 5.91 Å². The molecule has 1 heterocycles. The Labute approximate surface area is 269 Å². The smallest absolute Gasteiger partial charge is 0.248 e. The fourth-order valence-corrected chi connectivity index (χ4v) is 5.87. The van der Waals surface area contributed by atoms with Crippen molar-refractivity contribution in [2.75, 3.05) is 32.2 Å². The predicted molar refractivity (Wildman–Crippen MR) is 182 cm³/mol. The number of ether oxygens (including phenoxy) is 3. The summed E-state index contributed by atoms with van der Waals surface area (Å²) in [7, 11) is 0.389. The number of anilines is 1. The summed E-state index contributed by atoms with van der Waals surface area (Å²) in [5.41, 5.74) is 5.59. The molecule has 1 amide bonds. The van der Waals surface area contributed by atoms with Crippen LogP contribution in [0.2, 0.25) is 0 Å². The van der Waals surface area contributed by atoms with Crippen molar-refractivity contribution in [3.05, 3.63) is 108 Å². The zero-order chi connectivity index (χ0) is 31.9. The highest BCUT2D eigenvalue weighted by molar-refractivity contribution is 7.84. The van der Waals surface area contributed by atoms with Crippen molar-refractivity contribution in [3.63, 3.8) is 0 Å². The minimum atomic E-state index is -1.22. The second-order valence-corrected chi connectivity index (χ2v) is 12.0. The topological polar surface area (TPSA) is 86.8 Å². The first kappa shape index (κ1) is 33.6. The van der Waals surface area contributed by atoms with E-state index in [9.17, 15) is 9.00 Å². The molecular weight excluding hydrogens is 584 g/mol. The van der Waals surface area contributed by atoms with Gasteiger partial charge < -0.3 is 19.5 Å². The molecule has 3 aromatic carbocycles. The number of carbonyl (C=O) groups excluding carboxylic acids is 1. The monoisotopic (exact) mass is 626 g/mol. The first-order chi connectivity index (χ1) is 22.0. The Bertz CT molecular complexity index is 1570. The summed E-state index contributed by atoms with van der Waals surface area (Å²) < 4.78 is 29.9. The number of carbonyl (C=O) groups is 1. The maximum atomic E-state index is 13.0. The van der Waals surface area contributed by atoms with E-state index in [2.05, 4.69) is 24.1 Å². The van der Waals surface area contributed by atoms with E-state index < -0.39 is 10.8 Å². The number of pyridine rings is 1. The van der Waals surface area contributed by atoms with E-state index in [-0.39, 0.29) is 5.91 Å². The van der Waals surface area contributed by atoms with Crippen molar-refractivity contribution in [1.82, 2.24) is 4.98 Å². The van der Waals surface area contributed by atoms with Crippen molar-refractivity contribution in [1.29, 1.82) is 0 Å². The number of aromatic nitrogens is 1. The molecule has 0 aliphatic rings. The van der Waals surface area contributed by atoms with E-state index in [1.807, 2.05) is 48.5 Å². The SMILES string of the molecule is CCCCOCCOc1ccc(-c2ccc(OC)c(/C=C/C(=O)Nc3ccc([S@@](=O)Cc4cnccc4CCC)cc3)c2)cc1. The Morgan fingerprint density at radius 1 is 0.889 bits per heavy atom. The van der Waals surface area contributed by atoms with Crippen LogP contribution in [0.3, 0.4) is 0 Å². The van der Waals surface area contributed by atoms with E-state index in [1.54, 1.807) is 49.8 Å². The summed E-state index contributed by atoms with van der Waals surface area (Å²) in [6.07, 6.45) is 10.9. The largest absolute Gasteiger partial charge is 0.496 e. The number of nitrogens with one attached hydrogen (secondary N) is 1. The quantitative estimate of drug-likeness (QED) is 0.0949. The Morgan fingerprint density at radius 2 is 1.67 bits per heavy atom. The van der Waals surface area contributed by atoms with Gasteiger partial charge >= 0.3 is 0 Å². The Balaban J connectivity index is 1.34. The van der Waals surface area contributed by atoms with Crippen molar-refractivity contribution in [2.45, 2.75) is 50.2 Å². The van der Waals surface area contributed by atoms with Gasteiger partial charge in [-0.3, -0.25) is 14.0 Å². The maximum absolute atomic E-state index is 13.0. The van der Waals surface area contributed by atoms with E-state index >= 15 is 0 Å². The predicted octanol–water partition coefficient (Wildman–Crippen LogP) is 7.86. The number of nitrogens with zero attached hydrogens (tertiary/aromatic N) is 1. The Kier molecular flexibility index (Phi) is 13.4. The normalized spacial score (nSPS) is 11.8. The van der Waals surface area contributed by atoms with Crippen molar-refractivity contribution in [2.24, 2.45) is 0 Å². The average molecular weight is 627 g/mol. The molecule has 7 nitrogen and oxygen atoms in total. The number of hydrogen-bond acceptors (Lipinski definition) is 6. The molecule has 4 aromatic rings. The molecule has 0 aliphatic heterocycles. The van der Waals surface area contributed by atoms with Gasteiger partial charge in [-0.05, 0) is 95.8 Å². The number of rotatable bonds is 17. The maximum Gasteiger partial charge on any atom is 0.248 e. The molecule has 0 saturated carbocycles. The molecule has 1 atom stereocenters. The Morgan fingerprint density at radius 3 is 2.40 bits per heavy atom. The molecule has 4 rings (SSSR count). The molecule has 0 unspecified atom stereocenters. The zero-order valence-corrected chi connectivity index (χ0v) is 27.1. The van der Waals surface area contributed by atoms with Gasteiger partial charge in [-0.2, -0.15) is 0 Å². The standard InChI is InChI=1S/C37H42N2O5S/c1-4-6-22-43-23-24-44-34-14-8-29(9-15-34)30-10-18-36(42-3)31(25-30)11-19-37(40)39-33-12-16-35(17-13-33)45(41)27-32-26-38-21-20-28(32)7-5-2/h8-21,25-26H,4-7,22-24,27H2,1-3H3,(H,39,40)/b19-11+/t45-/m0/s1. The number of methoxy groups -OCH3 is 1. The molecular formula is C37H42N2O5S. The van der Waals surface area contributed by atoms with Crippen molar-refractivity contribution < 1.29 is 23.2 Å². The van der Waals surface area contributed by atoms with Gasteiger partial charge in [0.1, 0.15) is 18.1 Å². The summed E-state index contributed by atoms with van der Waals surface area (Å²) in [5, 5.41) is 2.88. The third-order valence-electron chi connectivity index (χ3n) is 7.17. The van der Waals surface area contributed by atoms with E-state index in [1.165, 1.54) is 11.6 Å². The van der Waals surface area contributed by atoms with Gasteiger partial charge in [-0.15, -0.1) is 0 Å². The molecule has 0 aliphatic carbocycles. The van der Waals surface area contributed by atoms with Crippen LogP contribution in [0.4, 0.5) is 5.69 Å². The fourth-order valence-electron chi connectivity index (χ4n) is 4.72. The molecule has 0 spiro atoms. The van der Waals surface area contributed by atoms with Crippen molar-refractivity contribution >= 4 is 28.5 Å². The van der Waals surface area contributed by atoms with Crippen LogP contribution in [0.25, 0.3) is 17.2 Å². The lowest BCUT2D eigenvalue weighted by molar-refractivity contribution is -0.111. The first-order valence-corrected chi connectivity index (χ1v) is 16.7. The van der Waals surface area contributed by atoms with Gasteiger partial charge in [-0.25, -0.2) is 0 Å². The summed E-state index contributed by atoms with van der Waals surface area (Å²) in [5.74, 6) is 1.58. The fraction of sp³-hybridized carbons (Fsp3) is 0.297. The van der Waals surface area contributed by atoms with Crippen LogP contribution in [-0.2, 0) is 32.5 Å². The van der Waals surface area contributed by atoms with Crippen LogP contribution in [0.1, 0.15) is 49.8 Å². The van der Waals surface area contributed by atoms with Gasteiger partial charge in [-0.1, -0.05) is 44.9 Å². The molecule has 236 valence electrons. The van der Waals surface area contributed by atoms with Gasteiger partial charge in [0.25, 0.3) is 0 Å². The lowest BCUT2D eigenvalue weighted by atomic mass is 10.0. The van der Waals surface area contributed by atoms with Crippen LogP contribution in [0.15, 0.2) is 96.2 Å². The van der Waals surface area contributed by atoms with Crippen LogP contribution in [0, 0.1) is 0 Å². The van der Waals surface area contributed by atoms with Crippen LogP contribution < -0.4 is 14.8 Å². The number of hydrogen-bond donors (Lipinski definition) is 1. The molecule has 45 heavy (non-hydrogen) atoms. The van der Waals surface area contributed by atoms with E-state index in [0.717, 1.165) is 60.3 Å². The highest BCUT2D eigenvalue weighted by Gasteiger charge is 2.10. The molecule has 0 saturated heterocycles. The first-order valence-electron chi connectivity index (χ1n) is 15.4. The average Bonchev–Trinajstić information content (AvgIpc) is 3.07. The van der Waals surface area contributed by atoms with Crippen molar-refractivity contribution in [3.8, 4) is 22.6 Å². The van der Waals surface area contributed by atoms with Crippen LogP contribution in [-0.4, -0.2) is 42.0 Å². The summed E-state index contributed by atoms with van der Waals surface area (Å²) in [6, 6.07) is 22.9. The number of amides is 1. The van der Waals surface area contributed by atoms with Gasteiger partial charge in [0.15, 0.2) is 0 Å². The molecule has 1 aromatic heterocycles. The lowest BCUT2D eigenvalue weighted by Crippen LogP contribution is -2.08. The highest BCUT2D eigenvalue weighted by Crippen LogP contribution is 2.29. The minimum absolute atomic E-state index is 0.281. The Hall–Kier alpha value is -4.27. The van der Waals surface area contributed by atoms with Gasteiger partial charge in [0, 0.05) is 41.2 Å². The van der Waals surface area contributed by atoms with Gasteiger partial charge in [0.05, 0.1) is 30.3 Å². The van der Waals surface area contributed by atoms with E-state index in [0.29, 0.717) is 35.3 Å². The third-order valence-corrected chi connectivity index (χ3v) is 8.54. The summed E-state index contributed by atoms with van der Waals surface area (Å²) in [6.45, 7) is 6.11. The summed E-state index contributed by atoms with van der Waals surface area (Å²) in [4.78, 5) is 17.7. The molecule has 8 heteroatoms.